The third-order valence-corrected chi connectivity index (χ3v) is 4.91. The maximum absolute atomic E-state index is 13.4. The van der Waals surface area contributed by atoms with Crippen LogP contribution < -0.4 is 0 Å². The van der Waals surface area contributed by atoms with Crippen molar-refractivity contribution >= 4 is 10.1 Å². The molecule has 3 nitrogen and oxygen atoms in total. The SMILES string of the molecule is CC(F)(F)C(F)(F)C(F)(F)C(F)(F)C(F)(F)C(F)(F)C(F)(F)C(F)(F)C(F)(F)C(F)(F)S(=O)(=O)O. The first-order valence-electron chi connectivity index (χ1n) is 7.25. The Labute approximate surface area is 177 Å². The Balaban J connectivity index is 7.21. The largest absolute Gasteiger partial charge is 0.438 e. The lowest BCUT2D eigenvalue weighted by Gasteiger charge is -2.44. The van der Waals surface area contributed by atoms with Crippen LogP contribution >= 0.6 is 0 Å². The van der Waals surface area contributed by atoms with Crippen molar-refractivity contribution in [2.75, 3.05) is 0 Å². The smallest absolute Gasteiger partial charge is 0.281 e. The van der Waals surface area contributed by atoms with Gasteiger partial charge in [0.25, 0.3) is 0 Å². The minimum atomic E-state index is -9.26. The minimum Gasteiger partial charge on any atom is -0.281 e. The van der Waals surface area contributed by atoms with E-state index in [-0.39, 0.29) is 0 Å². The van der Waals surface area contributed by atoms with Crippen LogP contribution in [0.3, 0.4) is 0 Å². The third-order valence-electron chi connectivity index (χ3n) is 4.00. The van der Waals surface area contributed by atoms with Gasteiger partial charge in [0.1, 0.15) is 0 Å². The molecule has 0 bridgehead atoms. The molecule has 0 spiro atoms. The van der Waals surface area contributed by atoms with Gasteiger partial charge in [0, 0.05) is 6.92 Å². The molecule has 0 aliphatic rings. The Morgan fingerprint density at radius 1 is 0.400 bits per heavy atom. The average molecular weight is 596 g/mol. The summed E-state index contributed by atoms with van der Waals surface area (Å²) < 4.78 is 290. The summed E-state index contributed by atoms with van der Waals surface area (Å²) in [5.74, 6) is -77.4. The number of halogens is 20. The summed E-state index contributed by atoms with van der Waals surface area (Å²) in [6.45, 7) is -1.44. The highest BCUT2D eigenvalue weighted by atomic mass is 32.2. The van der Waals surface area contributed by atoms with Gasteiger partial charge in [0.05, 0.1) is 0 Å². The van der Waals surface area contributed by atoms with Gasteiger partial charge < -0.3 is 0 Å². The van der Waals surface area contributed by atoms with E-state index in [0.717, 1.165) is 0 Å². The van der Waals surface area contributed by atoms with E-state index in [4.69, 9.17) is 4.55 Å². The summed E-state index contributed by atoms with van der Waals surface area (Å²) in [6, 6.07) is 0. The fourth-order valence-corrected chi connectivity index (χ4v) is 2.26. The van der Waals surface area contributed by atoms with Gasteiger partial charge in [-0.05, 0) is 0 Å². The molecule has 0 aromatic carbocycles. The van der Waals surface area contributed by atoms with E-state index >= 15 is 0 Å². The first-order chi connectivity index (χ1) is 14.5. The van der Waals surface area contributed by atoms with Gasteiger partial charge in [-0.25, -0.2) is 0 Å². The summed E-state index contributed by atoms with van der Waals surface area (Å²) in [7, 11) is -8.05. The molecule has 0 saturated heterocycles. The standard InChI is InChI=1S/C11H4F20O3S/c1-2(12,13)3(14,15)4(16,17)5(18,19)6(20,21)7(22,23)8(24,25)9(26,27)10(28,29)11(30,31)35(32,33)34/h1H3,(H,32,33,34). The molecule has 212 valence electrons. The van der Waals surface area contributed by atoms with E-state index in [1.54, 1.807) is 0 Å². The van der Waals surface area contributed by atoms with Gasteiger partial charge in [-0.1, -0.05) is 0 Å². The van der Waals surface area contributed by atoms with E-state index in [9.17, 15) is 96.2 Å². The molecule has 0 saturated carbocycles. The molecule has 0 fully saturated rings. The van der Waals surface area contributed by atoms with Gasteiger partial charge >= 0.3 is 68.7 Å². The van der Waals surface area contributed by atoms with Gasteiger partial charge in [-0.15, -0.1) is 0 Å². The fraction of sp³-hybridized carbons (Fsp3) is 1.00. The lowest BCUT2D eigenvalue weighted by atomic mass is 9.86. The van der Waals surface area contributed by atoms with Crippen LogP contribution in [0.2, 0.25) is 0 Å². The quantitative estimate of drug-likeness (QED) is 0.242. The first kappa shape index (κ1) is 33.5. The van der Waals surface area contributed by atoms with Crippen molar-refractivity contribution in [2.24, 2.45) is 0 Å². The molecule has 0 aliphatic heterocycles. The van der Waals surface area contributed by atoms with Crippen LogP contribution in [-0.2, 0) is 10.1 Å². The van der Waals surface area contributed by atoms with Crippen LogP contribution in [0.4, 0.5) is 87.8 Å². The highest BCUT2D eigenvalue weighted by molar-refractivity contribution is 7.87. The molecule has 0 amide bonds. The maximum atomic E-state index is 13.4. The Morgan fingerprint density at radius 3 is 0.743 bits per heavy atom. The summed E-state index contributed by atoms with van der Waals surface area (Å²) in [4.78, 5) is 0. The normalized spacial score (nSPS) is 17.1. The van der Waals surface area contributed by atoms with Crippen LogP contribution in [0.15, 0.2) is 0 Å². The molecule has 0 unspecified atom stereocenters. The molecule has 0 atom stereocenters. The monoisotopic (exact) mass is 596 g/mol. The predicted molar refractivity (Wildman–Crippen MR) is 66.7 cm³/mol. The summed E-state index contributed by atoms with van der Waals surface area (Å²) in [6.07, 6.45) is 0. The Morgan fingerprint density at radius 2 is 0.571 bits per heavy atom. The van der Waals surface area contributed by atoms with Gasteiger partial charge in [0.15, 0.2) is 0 Å². The second-order valence-corrected chi connectivity index (χ2v) is 7.94. The van der Waals surface area contributed by atoms with Crippen LogP contribution in [0.1, 0.15) is 6.92 Å². The van der Waals surface area contributed by atoms with Crippen molar-refractivity contribution in [3.63, 3.8) is 0 Å². The highest BCUT2D eigenvalue weighted by Crippen LogP contribution is 2.66. The van der Waals surface area contributed by atoms with Crippen molar-refractivity contribution in [1.82, 2.24) is 0 Å². The lowest BCUT2D eigenvalue weighted by Crippen LogP contribution is -2.77. The van der Waals surface area contributed by atoms with Crippen molar-refractivity contribution in [3.05, 3.63) is 0 Å². The fourth-order valence-electron chi connectivity index (χ4n) is 1.80. The van der Waals surface area contributed by atoms with Gasteiger partial charge in [-0.3, -0.25) is 4.55 Å². The molecule has 35 heavy (non-hydrogen) atoms. The topological polar surface area (TPSA) is 54.4 Å². The lowest BCUT2D eigenvalue weighted by molar-refractivity contribution is -0.465. The number of alkyl halides is 20. The molecule has 0 aromatic heterocycles. The van der Waals surface area contributed by atoms with E-state index in [1.165, 1.54) is 0 Å². The summed E-state index contributed by atoms with van der Waals surface area (Å²) in [5, 5.41) is -8.01. The molecule has 0 heterocycles. The van der Waals surface area contributed by atoms with Crippen LogP contribution in [-0.4, -0.2) is 71.5 Å². The van der Waals surface area contributed by atoms with Crippen LogP contribution in [0, 0.1) is 0 Å². The Kier molecular flexibility index (Phi) is 7.43. The second kappa shape index (κ2) is 7.76. The van der Waals surface area contributed by atoms with Gasteiger partial charge in [0.2, 0.25) is 0 Å². The third kappa shape index (κ3) is 3.86. The zero-order valence-corrected chi connectivity index (χ0v) is 16.0. The predicted octanol–water partition coefficient (Wildman–Crippen LogP) is 6.20. The van der Waals surface area contributed by atoms with Crippen molar-refractivity contribution < 1.29 is 101 Å². The van der Waals surface area contributed by atoms with Gasteiger partial charge in [-0.2, -0.15) is 96.2 Å². The Hall–Kier alpha value is -1.49. The molecule has 0 rings (SSSR count). The first-order valence-corrected chi connectivity index (χ1v) is 8.69. The molecule has 24 heteroatoms. The maximum Gasteiger partial charge on any atom is 0.438 e. The molecule has 1 N–H and O–H groups in total. The minimum absolute atomic E-state index is 1.44. The van der Waals surface area contributed by atoms with E-state index < -0.39 is 75.6 Å². The van der Waals surface area contributed by atoms with Crippen molar-refractivity contribution in [2.45, 2.75) is 65.5 Å². The zero-order valence-electron chi connectivity index (χ0n) is 15.2. The molecule has 0 aromatic rings. The molecule has 0 aliphatic carbocycles. The number of rotatable bonds is 10. The van der Waals surface area contributed by atoms with E-state index in [0.29, 0.717) is 0 Å². The number of hydrogen-bond donors (Lipinski definition) is 1. The van der Waals surface area contributed by atoms with Crippen molar-refractivity contribution in [1.29, 1.82) is 0 Å². The van der Waals surface area contributed by atoms with E-state index in [1.807, 2.05) is 0 Å². The second-order valence-electron chi connectivity index (χ2n) is 6.48. The zero-order chi connectivity index (χ0) is 29.5. The summed E-state index contributed by atoms with van der Waals surface area (Å²) in [5.41, 5.74) is 0. The highest BCUT2D eigenvalue weighted by Gasteiger charge is 2.98. The van der Waals surface area contributed by atoms with Crippen LogP contribution in [0.25, 0.3) is 0 Å². The molecular weight excluding hydrogens is 592 g/mol. The molecular formula is C11H4F20O3S. The average Bonchev–Trinajstić information content (AvgIpc) is 2.58. The summed E-state index contributed by atoms with van der Waals surface area (Å²) >= 11 is 0. The Bertz CT molecular complexity index is 913. The van der Waals surface area contributed by atoms with Crippen molar-refractivity contribution in [3.8, 4) is 0 Å². The number of hydrogen-bond acceptors (Lipinski definition) is 2. The molecule has 0 radical (unpaired) electrons. The van der Waals surface area contributed by atoms with Crippen LogP contribution in [0.5, 0.6) is 0 Å². The van der Waals surface area contributed by atoms with E-state index in [2.05, 4.69) is 0 Å².